The van der Waals surface area contributed by atoms with E-state index in [2.05, 4.69) is 10.1 Å². The number of ketones is 1. The van der Waals surface area contributed by atoms with Crippen LogP contribution in [0.1, 0.15) is 13.3 Å². The van der Waals surface area contributed by atoms with Gasteiger partial charge < -0.3 is 15.8 Å². The zero-order valence-corrected chi connectivity index (χ0v) is 7.29. The minimum atomic E-state index is -0.608. The number of methoxy groups -OCH3 is 1. The van der Waals surface area contributed by atoms with Crippen molar-refractivity contribution in [3.63, 3.8) is 0 Å². The molecule has 5 nitrogen and oxygen atoms in total. The number of amides is 1. The van der Waals surface area contributed by atoms with Crippen molar-refractivity contribution in [2.75, 3.05) is 13.7 Å². The van der Waals surface area contributed by atoms with E-state index in [0.29, 0.717) is 13.0 Å². The number of Topliss-reactive ketones (excluding diaryl/α,β-unsaturated/α-hetero) is 1. The molecular weight excluding hydrogens is 160 g/mol. The van der Waals surface area contributed by atoms with Crippen LogP contribution >= 0.6 is 0 Å². The van der Waals surface area contributed by atoms with Gasteiger partial charge in [-0.25, -0.2) is 4.79 Å². The van der Waals surface area contributed by atoms with Crippen molar-refractivity contribution < 1.29 is 14.3 Å². The summed E-state index contributed by atoms with van der Waals surface area (Å²) in [6.45, 7) is 1.75. The quantitative estimate of drug-likeness (QED) is 0.610. The lowest BCUT2D eigenvalue weighted by Gasteiger charge is -2.13. The van der Waals surface area contributed by atoms with Crippen molar-refractivity contribution in [1.82, 2.24) is 5.32 Å². The molecule has 3 N–H and O–H groups in total. The van der Waals surface area contributed by atoms with Gasteiger partial charge in [0, 0.05) is 0 Å². The van der Waals surface area contributed by atoms with Crippen LogP contribution in [0.2, 0.25) is 0 Å². The maximum Gasteiger partial charge on any atom is 0.407 e. The van der Waals surface area contributed by atoms with Crippen LogP contribution in [0.15, 0.2) is 0 Å². The fraction of sp³-hybridized carbons (Fsp3) is 0.714. The van der Waals surface area contributed by atoms with Crippen molar-refractivity contribution in [2.24, 2.45) is 5.73 Å². The molecule has 0 spiro atoms. The van der Waals surface area contributed by atoms with Crippen LogP contribution in [-0.2, 0) is 9.53 Å². The zero-order chi connectivity index (χ0) is 9.56. The second-order valence-electron chi connectivity index (χ2n) is 2.38. The van der Waals surface area contributed by atoms with Gasteiger partial charge in [0.1, 0.15) is 0 Å². The van der Waals surface area contributed by atoms with Gasteiger partial charge in [0.2, 0.25) is 0 Å². The van der Waals surface area contributed by atoms with Gasteiger partial charge in [-0.2, -0.15) is 0 Å². The highest BCUT2D eigenvalue weighted by atomic mass is 16.5. The smallest absolute Gasteiger partial charge is 0.407 e. The highest BCUT2D eigenvalue weighted by Gasteiger charge is 2.15. The minimum Gasteiger partial charge on any atom is -0.453 e. The summed E-state index contributed by atoms with van der Waals surface area (Å²) in [5, 5.41) is 2.38. The van der Waals surface area contributed by atoms with Crippen LogP contribution in [-0.4, -0.2) is 31.6 Å². The number of ether oxygens (including phenoxy) is 1. The maximum absolute atomic E-state index is 10.9. The van der Waals surface area contributed by atoms with Gasteiger partial charge in [-0.3, -0.25) is 4.79 Å². The van der Waals surface area contributed by atoms with Crippen molar-refractivity contribution >= 4 is 11.9 Å². The second-order valence-corrected chi connectivity index (χ2v) is 2.38. The molecule has 0 rings (SSSR count). The van der Waals surface area contributed by atoms with Gasteiger partial charge in [-0.15, -0.1) is 0 Å². The highest BCUT2D eigenvalue weighted by molar-refractivity contribution is 5.85. The first-order valence-corrected chi connectivity index (χ1v) is 3.66. The lowest BCUT2D eigenvalue weighted by atomic mass is 10.1. The number of nitrogens with one attached hydrogen (secondary N) is 1. The number of carbonyl (C=O) groups is 2. The van der Waals surface area contributed by atoms with E-state index in [4.69, 9.17) is 5.73 Å². The summed E-state index contributed by atoms with van der Waals surface area (Å²) < 4.78 is 4.33. The third-order valence-electron chi connectivity index (χ3n) is 1.42. The van der Waals surface area contributed by atoms with Crippen LogP contribution in [0.5, 0.6) is 0 Å². The number of alkyl carbamates (subject to hydrolysis) is 1. The first-order chi connectivity index (χ1) is 5.61. The summed E-state index contributed by atoms with van der Waals surface area (Å²) in [6.07, 6.45) is -0.173. The Morgan fingerprint density at radius 3 is 2.50 bits per heavy atom. The van der Waals surface area contributed by atoms with Crippen LogP contribution in [0, 0.1) is 0 Å². The summed E-state index contributed by atoms with van der Waals surface area (Å²) in [6, 6.07) is -0.526. The summed E-state index contributed by atoms with van der Waals surface area (Å²) >= 11 is 0. The Bertz CT molecular complexity index is 168. The second kappa shape index (κ2) is 5.54. The molecule has 12 heavy (non-hydrogen) atoms. The molecule has 0 aromatic carbocycles. The number of hydrogen-bond acceptors (Lipinski definition) is 4. The van der Waals surface area contributed by atoms with Crippen LogP contribution in [0.4, 0.5) is 4.79 Å². The summed E-state index contributed by atoms with van der Waals surface area (Å²) in [5.74, 6) is -0.120. The molecule has 1 amide bonds. The van der Waals surface area contributed by atoms with Crippen LogP contribution in [0.3, 0.4) is 0 Å². The van der Waals surface area contributed by atoms with Gasteiger partial charge >= 0.3 is 6.09 Å². The number of nitrogens with two attached hydrogens (primary N) is 1. The lowest BCUT2D eigenvalue weighted by Crippen LogP contribution is -2.40. The van der Waals surface area contributed by atoms with E-state index in [-0.39, 0.29) is 5.78 Å². The van der Waals surface area contributed by atoms with E-state index >= 15 is 0 Å². The molecule has 1 unspecified atom stereocenters. The van der Waals surface area contributed by atoms with Crippen molar-refractivity contribution in [3.8, 4) is 0 Å². The van der Waals surface area contributed by atoms with E-state index in [1.807, 2.05) is 0 Å². The average molecular weight is 174 g/mol. The van der Waals surface area contributed by atoms with E-state index in [1.54, 1.807) is 0 Å². The van der Waals surface area contributed by atoms with Gasteiger partial charge in [-0.1, -0.05) is 0 Å². The predicted octanol–water partition coefficient (Wildman–Crippen LogP) is -0.351. The van der Waals surface area contributed by atoms with Gasteiger partial charge in [-0.05, 0) is 19.9 Å². The molecule has 0 bridgehead atoms. The molecule has 1 atom stereocenters. The molecule has 0 saturated heterocycles. The minimum absolute atomic E-state index is 0.120. The highest BCUT2D eigenvalue weighted by Crippen LogP contribution is 1.92. The van der Waals surface area contributed by atoms with Crippen molar-refractivity contribution in [1.29, 1.82) is 0 Å². The van der Waals surface area contributed by atoms with Gasteiger partial charge in [0.15, 0.2) is 5.78 Å². The molecule has 70 valence electrons. The Balaban J connectivity index is 3.95. The number of rotatable bonds is 4. The van der Waals surface area contributed by atoms with Gasteiger partial charge in [0.05, 0.1) is 13.2 Å². The average Bonchev–Trinajstić information content (AvgIpc) is 2.03. The number of hydrogen-bond donors (Lipinski definition) is 2. The normalized spacial score (nSPS) is 11.9. The molecule has 0 fully saturated rings. The fourth-order valence-electron chi connectivity index (χ4n) is 0.745. The Morgan fingerprint density at radius 2 is 2.17 bits per heavy atom. The molecule has 0 saturated carbocycles. The zero-order valence-electron chi connectivity index (χ0n) is 7.29. The fourth-order valence-corrected chi connectivity index (χ4v) is 0.745. The summed E-state index contributed by atoms with van der Waals surface area (Å²) in [7, 11) is 1.25. The van der Waals surface area contributed by atoms with Crippen LogP contribution in [0.25, 0.3) is 0 Å². The monoisotopic (exact) mass is 174 g/mol. The molecule has 0 aliphatic carbocycles. The molecule has 0 aliphatic heterocycles. The molecule has 0 aromatic heterocycles. The molecule has 0 aliphatic rings. The standard InChI is InChI=1S/C7H14N2O3/c1-5(10)6(3-4-8)9-7(11)12-2/h6H,3-4,8H2,1-2H3,(H,9,11). The van der Waals surface area contributed by atoms with E-state index in [1.165, 1.54) is 14.0 Å². The van der Waals surface area contributed by atoms with E-state index in [9.17, 15) is 9.59 Å². The molecular formula is C7H14N2O3. The number of carbonyl (C=O) groups excluding carboxylic acids is 2. The molecule has 5 heteroatoms. The van der Waals surface area contributed by atoms with Crippen LogP contribution < -0.4 is 11.1 Å². The molecule has 0 heterocycles. The Kier molecular flexibility index (Phi) is 5.03. The Labute approximate surface area is 71.3 Å². The third kappa shape index (κ3) is 3.92. The topological polar surface area (TPSA) is 81.4 Å². The lowest BCUT2D eigenvalue weighted by molar-refractivity contribution is -0.119. The molecule has 0 aromatic rings. The van der Waals surface area contributed by atoms with E-state index < -0.39 is 12.1 Å². The first-order valence-electron chi connectivity index (χ1n) is 3.66. The SMILES string of the molecule is COC(=O)NC(CCN)C(C)=O. The summed E-state index contributed by atoms with van der Waals surface area (Å²) in [4.78, 5) is 21.5. The first kappa shape index (κ1) is 10.9. The maximum atomic E-state index is 10.9. The van der Waals surface area contributed by atoms with Crippen molar-refractivity contribution in [3.05, 3.63) is 0 Å². The largest absolute Gasteiger partial charge is 0.453 e. The van der Waals surface area contributed by atoms with E-state index in [0.717, 1.165) is 0 Å². The Morgan fingerprint density at radius 1 is 1.58 bits per heavy atom. The predicted molar refractivity (Wildman–Crippen MR) is 43.7 cm³/mol. The van der Waals surface area contributed by atoms with Gasteiger partial charge in [0.25, 0.3) is 0 Å². The Hall–Kier alpha value is -1.10. The summed E-state index contributed by atoms with van der Waals surface area (Å²) in [5.41, 5.74) is 5.24. The molecule has 0 radical (unpaired) electrons. The van der Waals surface area contributed by atoms with Crippen molar-refractivity contribution in [2.45, 2.75) is 19.4 Å². The third-order valence-corrected chi connectivity index (χ3v) is 1.42.